The van der Waals surface area contributed by atoms with Crippen LogP contribution in [0, 0.1) is 17.6 Å². The first-order chi connectivity index (χ1) is 13.0. The molecule has 5 nitrogen and oxygen atoms in total. The molecule has 3 rings (SSSR count). The van der Waals surface area contributed by atoms with Crippen molar-refractivity contribution in [3.05, 3.63) is 65.7 Å². The zero-order valence-corrected chi connectivity index (χ0v) is 14.8. The maximum Gasteiger partial charge on any atom is 0.321 e. The molecule has 0 aliphatic carbocycles. The van der Waals surface area contributed by atoms with Gasteiger partial charge in [-0.25, -0.2) is 13.6 Å². The van der Waals surface area contributed by atoms with Crippen LogP contribution in [0.15, 0.2) is 48.5 Å². The molecule has 0 unspecified atom stereocenters. The predicted octanol–water partition coefficient (Wildman–Crippen LogP) is 3.64. The molecule has 3 amide bonds. The highest BCUT2D eigenvalue weighted by molar-refractivity contribution is 5.94. The van der Waals surface area contributed by atoms with Crippen molar-refractivity contribution in [3.63, 3.8) is 0 Å². The molecule has 7 heteroatoms. The minimum Gasteiger partial charge on any atom is -0.352 e. The Kier molecular flexibility index (Phi) is 6.01. The summed E-state index contributed by atoms with van der Waals surface area (Å²) in [5.41, 5.74) is 0.975. The quantitative estimate of drug-likeness (QED) is 0.860. The number of urea groups is 1. The lowest BCUT2D eigenvalue weighted by Gasteiger charge is -2.32. The standard InChI is InChI=1S/C20H21F2N3O2/c21-16-3-1-15(2-4-16)19(26)23-13-14-9-11-25(12-10-14)20(27)24-18-7-5-17(22)6-8-18/h1-8,14H,9-13H2,(H,23,26)(H,24,27). The minimum absolute atomic E-state index is 0.213. The van der Waals surface area contributed by atoms with Crippen molar-refractivity contribution in [2.45, 2.75) is 12.8 Å². The monoisotopic (exact) mass is 373 g/mol. The molecule has 1 aliphatic heterocycles. The number of nitrogens with zero attached hydrogens (tertiary/aromatic N) is 1. The topological polar surface area (TPSA) is 61.4 Å². The number of rotatable bonds is 4. The molecule has 1 heterocycles. The summed E-state index contributed by atoms with van der Waals surface area (Å²) in [6.07, 6.45) is 1.56. The number of halogens is 2. The molecule has 142 valence electrons. The van der Waals surface area contributed by atoms with E-state index >= 15 is 0 Å². The van der Waals surface area contributed by atoms with E-state index in [0.29, 0.717) is 30.9 Å². The van der Waals surface area contributed by atoms with Crippen LogP contribution in [0.4, 0.5) is 19.3 Å². The molecular formula is C20H21F2N3O2. The molecule has 2 N–H and O–H groups in total. The number of hydrogen-bond donors (Lipinski definition) is 2. The van der Waals surface area contributed by atoms with Gasteiger partial charge in [-0.3, -0.25) is 4.79 Å². The zero-order chi connectivity index (χ0) is 19.2. The molecule has 2 aromatic rings. The fourth-order valence-corrected chi connectivity index (χ4v) is 3.02. The molecular weight excluding hydrogens is 352 g/mol. The highest BCUT2D eigenvalue weighted by Crippen LogP contribution is 2.18. The SMILES string of the molecule is O=C(NCC1CCN(C(=O)Nc2ccc(F)cc2)CC1)c1ccc(F)cc1. The number of piperidine rings is 1. The van der Waals surface area contributed by atoms with Crippen LogP contribution in [0.5, 0.6) is 0 Å². The summed E-state index contributed by atoms with van der Waals surface area (Å²) >= 11 is 0. The number of amides is 3. The first-order valence-corrected chi connectivity index (χ1v) is 8.86. The molecule has 0 atom stereocenters. The van der Waals surface area contributed by atoms with Crippen molar-refractivity contribution in [3.8, 4) is 0 Å². The molecule has 0 saturated carbocycles. The molecule has 0 bridgehead atoms. The number of nitrogens with one attached hydrogen (secondary N) is 2. The van der Waals surface area contributed by atoms with Gasteiger partial charge in [0.05, 0.1) is 0 Å². The van der Waals surface area contributed by atoms with Crippen molar-refractivity contribution < 1.29 is 18.4 Å². The second kappa shape index (κ2) is 8.62. The van der Waals surface area contributed by atoms with E-state index in [9.17, 15) is 18.4 Å². The van der Waals surface area contributed by atoms with Gasteiger partial charge >= 0.3 is 6.03 Å². The van der Waals surface area contributed by atoms with E-state index in [1.165, 1.54) is 48.5 Å². The van der Waals surface area contributed by atoms with E-state index in [0.717, 1.165) is 12.8 Å². The number of benzene rings is 2. The second-order valence-electron chi connectivity index (χ2n) is 6.58. The first-order valence-electron chi connectivity index (χ1n) is 8.86. The summed E-state index contributed by atoms with van der Waals surface area (Å²) < 4.78 is 25.8. The van der Waals surface area contributed by atoms with Gasteiger partial charge in [0.2, 0.25) is 0 Å². The third kappa shape index (κ3) is 5.26. The summed E-state index contributed by atoms with van der Waals surface area (Å²) in [7, 11) is 0. The largest absolute Gasteiger partial charge is 0.352 e. The number of hydrogen-bond acceptors (Lipinski definition) is 2. The van der Waals surface area contributed by atoms with E-state index in [4.69, 9.17) is 0 Å². The van der Waals surface area contributed by atoms with Crippen LogP contribution in [0.25, 0.3) is 0 Å². The van der Waals surface area contributed by atoms with E-state index < -0.39 is 0 Å². The summed E-state index contributed by atoms with van der Waals surface area (Å²) in [5.74, 6) is -0.676. The lowest BCUT2D eigenvalue weighted by atomic mass is 9.97. The van der Waals surface area contributed by atoms with Crippen molar-refractivity contribution >= 4 is 17.6 Å². The highest BCUT2D eigenvalue weighted by atomic mass is 19.1. The fraction of sp³-hybridized carbons (Fsp3) is 0.300. The maximum atomic E-state index is 12.9. The van der Waals surface area contributed by atoms with Crippen LogP contribution in [0.1, 0.15) is 23.2 Å². The smallest absolute Gasteiger partial charge is 0.321 e. The Balaban J connectivity index is 1.41. The number of anilines is 1. The van der Waals surface area contributed by atoms with E-state index in [2.05, 4.69) is 10.6 Å². The predicted molar refractivity (Wildman–Crippen MR) is 98.4 cm³/mol. The Bertz CT molecular complexity index is 786. The third-order valence-corrected chi connectivity index (χ3v) is 4.65. The normalized spacial score (nSPS) is 14.7. The van der Waals surface area contributed by atoms with E-state index in [1.807, 2.05) is 0 Å². The fourth-order valence-electron chi connectivity index (χ4n) is 3.02. The van der Waals surface area contributed by atoms with Crippen molar-refractivity contribution in [2.75, 3.05) is 25.0 Å². The lowest BCUT2D eigenvalue weighted by Crippen LogP contribution is -2.43. The number of carbonyl (C=O) groups excluding carboxylic acids is 2. The van der Waals surface area contributed by atoms with E-state index in [1.54, 1.807) is 4.90 Å². The van der Waals surface area contributed by atoms with Crippen LogP contribution in [-0.2, 0) is 0 Å². The van der Waals surface area contributed by atoms with Crippen LogP contribution in [0.2, 0.25) is 0 Å². The summed E-state index contributed by atoms with van der Waals surface area (Å²) in [6, 6.07) is 10.8. The molecule has 27 heavy (non-hydrogen) atoms. The van der Waals surface area contributed by atoms with Crippen LogP contribution in [0.3, 0.4) is 0 Å². The number of likely N-dealkylation sites (tertiary alicyclic amines) is 1. The second-order valence-corrected chi connectivity index (χ2v) is 6.58. The lowest BCUT2D eigenvalue weighted by molar-refractivity contribution is 0.0938. The molecule has 2 aromatic carbocycles. The van der Waals surface area contributed by atoms with Gasteiger partial charge in [0.1, 0.15) is 11.6 Å². The van der Waals surface area contributed by atoms with Crippen LogP contribution in [-0.4, -0.2) is 36.5 Å². The highest BCUT2D eigenvalue weighted by Gasteiger charge is 2.23. The maximum absolute atomic E-state index is 12.9. The Morgan fingerprint density at radius 3 is 2.07 bits per heavy atom. The van der Waals surface area contributed by atoms with Crippen molar-refractivity contribution in [2.24, 2.45) is 5.92 Å². The summed E-state index contributed by atoms with van der Waals surface area (Å²) in [6.45, 7) is 1.69. The van der Waals surface area contributed by atoms with Gasteiger partial charge in [-0.05, 0) is 67.3 Å². The summed E-state index contributed by atoms with van der Waals surface area (Å²) in [4.78, 5) is 26.0. The van der Waals surface area contributed by atoms with Gasteiger partial charge in [0.15, 0.2) is 0 Å². The van der Waals surface area contributed by atoms with Gasteiger partial charge in [-0.1, -0.05) is 0 Å². The molecule has 1 aliphatic rings. The number of carbonyl (C=O) groups is 2. The van der Waals surface area contributed by atoms with Gasteiger partial charge in [0.25, 0.3) is 5.91 Å². The molecule has 1 saturated heterocycles. The minimum atomic E-state index is -0.377. The Morgan fingerprint density at radius 2 is 1.48 bits per heavy atom. The molecule has 0 radical (unpaired) electrons. The molecule has 1 fully saturated rings. The molecule has 0 spiro atoms. The van der Waals surface area contributed by atoms with Crippen LogP contribution >= 0.6 is 0 Å². The van der Waals surface area contributed by atoms with Crippen LogP contribution < -0.4 is 10.6 Å². The van der Waals surface area contributed by atoms with Crippen molar-refractivity contribution in [1.82, 2.24) is 10.2 Å². The average Bonchev–Trinajstić information content (AvgIpc) is 2.69. The van der Waals surface area contributed by atoms with Gasteiger partial charge in [-0.15, -0.1) is 0 Å². The molecule has 0 aromatic heterocycles. The van der Waals surface area contributed by atoms with Gasteiger partial charge < -0.3 is 15.5 Å². The van der Waals surface area contributed by atoms with Gasteiger partial charge in [-0.2, -0.15) is 0 Å². The summed E-state index contributed by atoms with van der Waals surface area (Å²) in [5, 5.41) is 5.61. The Morgan fingerprint density at radius 1 is 0.926 bits per heavy atom. The van der Waals surface area contributed by atoms with E-state index in [-0.39, 0.29) is 29.5 Å². The van der Waals surface area contributed by atoms with Gasteiger partial charge in [0, 0.05) is 30.9 Å². The third-order valence-electron chi connectivity index (χ3n) is 4.65. The zero-order valence-electron chi connectivity index (χ0n) is 14.8. The van der Waals surface area contributed by atoms with Crippen molar-refractivity contribution in [1.29, 1.82) is 0 Å². The average molecular weight is 373 g/mol. The Hall–Kier alpha value is -2.96. The Labute approximate surface area is 156 Å². The first kappa shape index (κ1) is 18.8.